The Morgan fingerprint density at radius 2 is 2.04 bits per heavy atom. The van der Waals surface area contributed by atoms with Gasteiger partial charge in [-0.1, -0.05) is 18.2 Å². The van der Waals surface area contributed by atoms with Gasteiger partial charge in [-0.25, -0.2) is 14.6 Å². The molecular weight excluding hydrogens is 290 g/mol. The molecule has 2 aromatic heterocycles. The Morgan fingerprint density at radius 1 is 1.22 bits per heavy atom. The number of aliphatic hydroxyl groups excluding tert-OH is 1. The summed E-state index contributed by atoms with van der Waals surface area (Å²) in [5, 5.41) is 14.5. The summed E-state index contributed by atoms with van der Waals surface area (Å²) in [6.45, 7) is 5.89. The highest BCUT2D eigenvalue weighted by molar-refractivity contribution is 5.87. The molecule has 0 radical (unpaired) electrons. The number of aliphatic hydroxyl groups is 1. The van der Waals surface area contributed by atoms with E-state index in [0.717, 1.165) is 41.2 Å². The standard InChI is InChI=1S/C17H21N5O/c1-3-21(9-6-10-23)16-14-11-20-22(17(14)19-12-18-16)15-8-5-4-7-13(15)2/h4-5,7-8,11-12,23H,3,6,9-10H2,1-2H3. The molecule has 0 spiro atoms. The zero-order valence-electron chi connectivity index (χ0n) is 13.5. The fourth-order valence-corrected chi connectivity index (χ4v) is 2.74. The van der Waals surface area contributed by atoms with Gasteiger partial charge in [0.1, 0.15) is 12.1 Å². The van der Waals surface area contributed by atoms with Gasteiger partial charge in [0.25, 0.3) is 0 Å². The number of para-hydroxylation sites is 1. The van der Waals surface area contributed by atoms with E-state index in [9.17, 15) is 0 Å². The van der Waals surface area contributed by atoms with E-state index < -0.39 is 0 Å². The van der Waals surface area contributed by atoms with Crippen LogP contribution in [0.1, 0.15) is 18.9 Å². The van der Waals surface area contributed by atoms with Crippen molar-refractivity contribution in [1.82, 2.24) is 19.7 Å². The van der Waals surface area contributed by atoms with Crippen LogP contribution in [-0.2, 0) is 0 Å². The molecule has 23 heavy (non-hydrogen) atoms. The van der Waals surface area contributed by atoms with E-state index in [0.29, 0.717) is 6.42 Å². The van der Waals surface area contributed by atoms with E-state index in [1.54, 1.807) is 6.33 Å². The molecule has 0 aliphatic heterocycles. The van der Waals surface area contributed by atoms with Crippen LogP contribution < -0.4 is 4.90 Å². The molecule has 0 aliphatic rings. The third kappa shape index (κ3) is 2.90. The summed E-state index contributed by atoms with van der Waals surface area (Å²) in [4.78, 5) is 11.0. The number of hydrogen-bond donors (Lipinski definition) is 1. The van der Waals surface area contributed by atoms with E-state index >= 15 is 0 Å². The molecule has 0 amide bonds. The van der Waals surface area contributed by atoms with Crippen LogP contribution in [0.2, 0.25) is 0 Å². The van der Waals surface area contributed by atoms with Crippen molar-refractivity contribution in [3.63, 3.8) is 0 Å². The van der Waals surface area contributed by atoms with Crippen LogP contribution >= 0.6 is 0 Å². The predicted octanol–water partition coefficient (Wildman–Crippen LogP) is 2.33. The molecule has 3 rings (SSSR count). The maximum absolute atomic E-state index is 9.08. The highest BCUT2D eigenvalue weighted by Crippen LogP contribution is 2.25. The number of anilines is 1. The fourth-order valence-electron chi connectivity index (χ4n) is 2.74. The average molecular weight is 311 g/mol. The third-order valence-corrected chi connectivity index (χ3v) is 3.96. The van der Waals surface area contributed by atoms with Crippen molar-refractivity contribution >= 4 is 16.9 Å². The predicted molar refractivity (Wildman–Crippen MR) is 91.0 cm³/mol. The highest BCUT2D eigenvalue weighted by atomic mass is 16.3. The third-order valence-electron chi connectivity index (χ3n) is 3.96. The molecular formula is C17H21N5O. The van der Waals surface area contributed by atoms with Gasteiger partial charge in [-0.05, 0) is 31.9 Å². The normalized spacial score (nSPS) is 11.1. The Morgan fingerprint density at radius 3 is 2.78 bits per heavy atom. The molecule has 6 nitrogen and oxygen atoms in total. The van der Waals surface area contributed by atoms with Gasteiger partial charge in [0.2, 0.25) is 0 Å². The molecule has 6 heteroatoms. The lowest BCUT2D eigenvalue weighted by Gasteiger charge is -2.21. The van der Waals surface area contributed by atoms with Crippen molar-refractivity contribution in [2.24, 2.45) is 0 Å². The fraction of sp³-hybridized carbons (Fsp3) is 0.353. The molecule has 0 bridgehead atoms. The van der Waals surface area contributed by atoms with Crippen molar-refractivity contribution in [3.05, 3.63) is 42.4 Å². The minimum atomic E-state index is 0.174. The summed E-state index contributed by atoms with van der Waals surface area (Å²) >= 11 is 0. The first-order valence-electron chi connectivity index (χ1n) is 7.86. The lowest BCUT2D eigenvalue weighted by Crippen LogP contribution is -2.25. The first-order valence-corrected chi connectivity index (χ1v) is 7.86. The summed E-state index contributed by atoms with van der Waals surface area (Å²) in [6.07, 6.45) is 4.11. The zero-order chi connectivity index (χ0) is 16.2. The minimum Gasteiger partial charge on any atom is -0.396 e. The van der Waals surface area contributed by atoms with E-state index in [1.165, 1.54) is 0 Å². The van der Waals surface area contributed by atoms with Crippen LogP contribution in [0.15, 0.2) is 36.8 Å². The molecule has 0 unspecified atom stereocenters. The van der Waals surface area contributed by atoms with Crippen molar-refractivity contribution in [1.29, 1.82) is 0 Å². The minimum absolute atomic E-state index is 0.174. The first kappa shape index (κ1) is 15.4. The monoisotopic (exact) mass is 311 g/mol. The Bertz CT molecular complexity index is 799. The lowest BCUT2D eigenvalue weighted by molar-refractivity contribution is 0.289. The Balaban J connectivity index is 2.09. The van der Waals surface area contributed by atoms with E-state index in [1.807, 2.05) is 29.1 Å². The van der Waals surface area contributed by atoms with Gasteiger partial charge in [0, 0.05) is 19.7 Å². The summed E-state index contributed by atoms with van der Waals surface area (Å²) in [7, 11) is 0. The van der Waals surface area contributed by atoms with Crippen LogP contribution in [0.25, 0.3) is 16.7 Å². The quantitative estimate of drug-likeness (QED) is 0.757. The molecule has 0 aliphatic carbocycles. The molecule has 0 saturated heterocycles. The van der Waals surface area contributed by atoms with Gasteiger partial charge < -0.3 is 10.0 Å². The van der Waals surface area contributed by atoms with Gasteiger partial charge >= 0.3 is 0 Å². The number of aromatic nitrogens is 4. The van der Waals surface area contributed by atoms with Crippen LogP contribution in [-0.4, -0.2) is 44.6 Å². The summed E-state index contributed by atoms with van der Waals surface area (Å²) in [5.74, 6) is 0.866. The first-order chi connectivity index (χ1) is 11.3. The van der Waals surface area contributed by atoms with Gasteiger partial charge in [-0.15, -0.1) is 0 Å². The molecule has 0 fully saturated rings. The largest absolute Gasteiger partial charge is 0.396 e. The number of benzene rings is 1. The van der Waals surface area contributed by atoms with Crippen LogP contribution in [0.3, 0.4) is 0 Å². The van der Waals surface area contributed by atoms with Gasteiger partial charge in [0.15, 0.2) is 5.65 Å². The summed E-state index contributed by atoms with van der Waals surface area (Å²) in [6, 6.07) is 8.10. The van der Waals surface area contributed by atoms with E-state index in [4.69, 9.17) is 5.11 Å². The Kier molecular flexibility index (Phi) is 4.52. The second-order valence-electron chi connectivity index (χ2n) is 5.43. The molecule has 3 aromatic rings. The summed E-state index contributed by atoms with van der Waals surface area (Å²) in [5.41, 5.74) is 2.96. The van der Waals surface area contributed by atoms with Crippen molar-refractivity contribution < 1.29 is 5.11 Å². The molecule has 0 saturated carbocycles. The van der Waals surface area contributed by atoms with Crippen LogP contribution in [0, 0.1) is 6.92 Å². The Labute approximate surface area is 135 Å². The number of hydrogen-bond acceptors (Lipinski definition) is 5. The molecule has 1 aromatic carbocycles. The zero-order valence-corrected chi connectivity index (χ0v) is 13.5. The summed E-state index contributed by atoms with van der Waals surface area (Å²) < 4.78 is 1.86. The number of nitrogens with zero attached hydrogens (tertiary/aromatic N) is 5. The number of aryl methyl sites for hydroxylation is 1. The van der Waals surface area contributed by atoms with Gasteiger partial charge in [-0.2, -0.15) is 5.10 Å². The van der Waals surface area contributed by atoms with E-state index in [-0.39, 0.29) is 6.61 Å². The topological polar surface area (TPSA) is 67.1 Å². The molecule has 120 valence electrons. The van der Waals surface area contributed by atoms with Crippen LogP contribution in [0.4, 0.5) is 5.82 Å². The maximum Gasteiger partial charge on any atom is 0.168 e. The average Bonchev–Trinajstić information content (AvgIpc) is 3.00. The molecule has 1 N–H and O–H groups in total. The second-order valence-corrected chi connectivity index (χ2v) is 5.43. The Hall–Kier alpha value is -2.47. The smallest absolute Gasteiger partial charge is 0.168 e. The van der Waals surface area contributed by atoms with Crippen molar-refractivity contribution in [2.45, 2.75) is 20.3 Å². The van der Waals surface area contributed by atoms with Gasteiger partial charge in [-0.3, -0.25) is 0 Å². The number of fused-ring (bicyclic) bond motifs is 1. The van der Waals surface area contributed by atoms with Crippen molar-refractivity contribution in [2.75, 3.05) is 24.6 Å². The van der Waals surface area contributed by atoms with Crippen LogP contribution in [0.5, 0.6) is 0 Å². The van der Waals surface area contributed by atoms with E-state index in [2.05, 4.69) is 39.9 Å². The van der Waals surface area contributed by atoms with Gasteiger partial charge in [0.05, 0.1) is 17.3 Å². The molecule has 2 heterocycles. The number of rotatable bonds is 6. The molecule has 0 atom stereocenters. The SMILES string of the molecule is CCN(CCCO)c1ncnc2c1cnn2-c1ccccc1C. The maximum atomic E-state index is 9.08. The van der Waals surface area contributed by atoms with Crippen molar-refractivity contribution in [3.8, 4) is 5.69 Å². The lowest BCUT2D eigenvalue weighted by atomic mass is 10.2. The second kappa shape index (κ2) is 6.75. The highest BCUT2D eigenvalue weighted by Gasteiger charge is 2.15.